The Labute approximate surface area is 124 Å². The number of methoxy groups -OCH3 is 1. The van der Waals surface area contributed by atoms with Crippen LogP contribution in [0.3, 0.4) is 0 Å². The monoisotopic (exact) mass is 345 g/mol. The third kappa shape index (κ3) is 2.85. The summed E-state index contributed by atoms with van der Waals surface area (Å²) < 4.78 is 5.81. The second-order valence-electron chi connectivity index (χ2n) is 4.83. The molecule has 1 saturated carbocycles. The first kappa shape index (κ1) is 15.0. The Bertz CT molecular complexity index is 563. The van der Waals surface area contributed by atoms with Crippen molar-refractivity contribution in [1.29, 1.82) is 0 Å². The molecule has 0 atom stereocenters. The van der Waals surface area contributed by atoms with E-state index in [0.29, 0.717) is 5.69 Å². The SMILES string of the molecule is COC(=O)Cn1ncc(NC2(CO)CCC2)c(Br)c1=O. The normalized spacial score (nSPS) is 16.4. The number of hydrogen-bond acceptors (Lipinski definition) is 6. The first-order valence-corrected chi connectivity index (χ1v) is 7.02. The van der Waals surface area contributed by atoms with Crippen LogP contribution in [-0.2, 0) is 16.1 Å². The van der Waals surface area contributed by atoms with E-state index in [4.69, 9.17) is 0 Å². The molecule has 1 aromatic heterocycles. The van der Waals surface area contributed by atoms with Gasteiger partial charge in [-0.1, -0.05) is 0 Å². The number of ether oxygens (including phenoxy) is 1. The molecule has 0 aromatic carbocycles. The van der Waals surface area contributed by atoms with Crippen molar-refractivity contribution in [2.24, 2.45) is 0 Å². The fourth-order valence-corrected chi connectivity index (χ4v) is 2.47. The molecule has 2 N–H and O–H groups in total. The Hall–Kier alpha value is -1.41. The molecule has 1 aliphatic rings. The van der Waals surface area contributed by atoms with E-state index in [1.54, 1.807) is 0 Å². The third-order valence-electron chi connectivity index (χ3n) is 3.50. The molecule has 1 heterocycles. The maximum Gasteiger partial charge on any atom is 0.327 e. The summed E-state index contributed by atoms with van der Waals surface area (Å²) in [6.07, 6.45) is 4.20. The predicted octanol–water partition coefficient (Wildman–Crippen LogP) is 0.506. The molecule has 1 fully saturated rings. The number of carbonyl (C=O) groups is 1. The van der Waals surface area contributed by atoms with Crippen molar-refractivity contribution < 1.29 is 14.6 Å². The molecular weight excluding hydrogens is 330 g/mol. The molecule has 0 saturated heterocycles. The van der Waals surface area contributed by atoms with E-state index in [-0.39, 0.29) is 23.2 Å². The lowest BCUT2D eigenvalue weighted by atomic mass is 9.77. The Morgan fingerprint density at radius 1 is 1.65 bits per heavy atom. The number of aliphatic hydroxyl groups excluding tert-OH is 1. The second kappa shape index (κ2) is 5.92. The molecule has 1 aromatic rings. The van der Waals surface area contributed by atoms with E-state index in [1.165, 1.54) is 13.3 Å². The van der Waals surface area contributed by atoms with E-state index < -0.39 is 11.5 Å². The van der Waals surface area contributed by atoms with Crippen molar-refractivity contribution in [2.45, 2.75) is 31.3 Å². The minimum absolute atomic E-state index is 0.00465. The van der Waals surface area contributed by atoms with Crippen molar-refractivity contribution in [3.8, 4) is 0 Å². The van der Waals surface area contributed by atoms with Crippen molar-refractivity contribution in [1.82, 2.24) is 9.78 Å². The molecule has 0 amide bonds. The molecule has 1 aliphatic carbocycles. The second-order valence-corrected chi connectivity index (χ2v) is 5.62. The lowest BCUT2D eigenvalue weighted by molar-refractivity contribution is -0.141. The molecule has 7 nitrogen and oxygen atoms in total. The molecule has 0 radical (unpaired) electrons. The minimum atomic E-state index is -0.543. The van der Waals surface area contributed by atoms with Crippen LogP contribution in [-0.4, -0.2) is 40.1 Å². The number of aliphatic hydroxyl groups is 1. The highest BCUT2D eigenvalue weighted by molar-refractivity contribution is 9.10. The summed E-state index contributed by atoms with van der Waals surface area (Å²) in [5.41, 5.74) is -0.275. The van der Waals surface area contributed by atoms with Gasteiger partial charge in [-0.3, -0.25) is 9.59 Å². The molecule has 0 spiro atoms. The average Bonchev–Trinajstić information content (AvgIpc) is 2.41. The molecule has 8 heteroatoms. The van der Waals surface area contributed by atoms with Gasteiger partial charge in [0.2, 0.25) is 0 Å². The number of halogens is 1. The van der Waals surface area contributed by atoms with Gasteiger partial charge < -0.3 is 15.2 Å². The number of nitrogens with zero attached hydrogens (tertiary/aromatic N) is 2. The van der Waals surface area contributed by atoms with Gasteiger partial charge in [0.25, 0.3) is 5.56 Å². The molecular formula is C12H16BrN3O4. The van der Waals surface area contributed by atoms with Crippen LogP contribution in [0, 0.1) is 0 Å². The molecule has 110 valence electrons. The molecule has 2 rings (SSSR count). The first-order chi connectivity index (χ1) is 9.51. The van der Waals surface area contributed by atoms with E-state index in [2.05, 4.69) is 31.1 Å². The van der Waals surface area contributed by atoms with E-state index in [1.807, 2.05) is 0 Å². The largest absolute Gasteiger partial charge is 0.468 e. The first-order valence-electron chi connectivity index (χ1n) is 6.23. The number of aromatic nitrogens is 2. The molecule has 0 unspecified atom stereocenters. The van der Waals surface area contributed by atoms with Gasteiger partial charge >= 0.3 is 5.97 Å². The van der Waals surface area contributed by atoms with Gasteiger partial charge in [0, 0.05) is 0 Å². The van der Waals surface area contributed by atoms with E-state index >= 15 is 0 Å². The zero-order chi connectivity index (χ0) is 14.8. The zero-order valence-corrected chi connectivity index (χ0v) is 12.6. The fraction of sp³-hybridized carbons (Fsp3) is 0.583. The van der Waals surface area contributed by atoms with Crippen LogP contribution >= 0.6 is 15.9 Å². The smallest absolute Gasteiger partial charge is 0.327 e. The number of nitrogens with one attached hydrogen (secondary N) is 1. The quantitative estimate of drug-likeness (QED) is 0.755. The van der Waals surface area contributed by atoms with Crippen LogP contribution in [0.25, 0.3) is 0 Å². The molecule has 20 heavy (non-hydrogen) atoms. The zero-order valence-electron chi connectivity index (χ0n) is 11.1. The van der Waals surface area contributed by atoms with Gasteiger partial charge in [0.05, 0.1) is 31.1 Å². The van der Waals surface area contributed by atoms with Crippen molar-refractivity contribution in [3.63, 3.8) is 0 Å². The summed E-state index contributed by atoms with van der Waals surface area (Å²) in [6, 6.07) is 0. The standard InChI is InChI=1S/C12H16BrN3O4/c1-20-9(18)6-16-11(19)10(13)8(5-14-16)15-12(7-17)3-2-4-12/h5,15,17H,2-4,6-7H2,1H3. The maximum absolute atomic E-state index is 12.1. The average molecular weight is 346 g/mol. The highest BCUT2D eigenvalue weighted by Gasteiger charge is 2.36. The van der Waals surface area contributed by atoms with Crippen LogP contribution in [0.5, 0.6) is 0 Å². The van der Waals surface area contributed by atoms with Crippen molar-refractivity contribution in [3.05, 3.63) is 21.0 Å². The number of hydrogen-bond donors (Lipinski definition) is 2. The number of anilines is 1. The molecule has 0 bridgehead atoms. The number of rotatable bonds is 5. The summed E-state index contributed by atoms with van der Waals surface area (Å²) >= 11 is 3.21. The van der Waals surface area contributed by atoms with Crippen molar-refractivity contribution in [2.75, 3.05) is 19.0 Å². The third-order valence-corrected chi connectivity index (χ3v) is 4.27. The van der Waals surface area contributed by atoms with Gasteiger partial charge in [-0.25, -0.2) is 4.68 Å². The Balaban J connectivity index is 2.22. The number of carbonyl (C=O) groups excluding carboxylic acids is 1. The van der Waals surface area contributed by atoms with E-state index in [9.17, 15) is 14.7 Å². The lowest BCUT2D eigenvalue weighted by Crippen LogP contribution is -2.48. The van der Waals surface area contributed by atoms with Crippen LogP contribution in [0.4, 0.5) is 5.69 Å². The van der Waals surface area contributed by atoms with Gasteiger partial charge in [0.1, 0.15) is 11.0 Å². The van der Waals surface area contributed by atoms with Gasteiger partial charge in [0.15, 0.2) is 0 Å². The topological polar surface area (TPSA) is 93.5 Å². The van der Waals surface area contributed by atoms with Crippen LogP contribution < -0.4 is 10.9 Å². The molecule has 0 aliphatic heterocycles. The van der Waals surface area contributed by atoms with Crippen LogP contribution in [0.1, 0.15) is 19.3 Å². The van der Waals surface area contributed by atoms with Gasteiger partial charge in [-0.15, -0.1) is 0 Å². The highest BCUT2D eigenvalue weighted by Crippen LogP contribution is 2.35. The predicted molar refractivity (Wildman–Crippen MR) is 75.5 cm³/mol. The van der Waals surface area contributed by atoms with Gasteiger partial charge in [-0.05, 0) is 35.2 Å². The summed E-state index contributed by atoms with van der Waals surface area (Å²) in [7, 11) is 1.25. The van der Waals surface area contributed by atoms with Crippen LogP contribution in [0.2, 0.25) is 0 Å². The fourth-order valence-electron chi connectivity index (χ4n) is 2.06. The summed E-state index contributed by atoms with van der Waals surface area (Å²) in [5.74, 6) is -0.543. The summed E-state index contributed by atoms with van der Waals surface area (Å²) in [6.45, 7) is -0.232. The Morgan fingerprint density at radius 3 is 2.85 bits per heavy atom. The van der Waals surface area contributed by atoms with E-state index in [0.717, 1.165) is 23.9 Å². The summed E-state index contributed by atoms with van der Waals surface area (Å²) in [5, 5.41) is 16.5. The van der Waals surface area contributed by atoms with Crippen LogP contribution in [0.15, 0.2) is 15.5 Å². The lowest BCUT2D eigenvalue weighted by Gasteiger charge is -2.41. The Morgan fingerprint density at radius 2 is 2.35 bits per heavy atom. The van der Waals surface area contributed by atoms with Crippen molar-refractivity contribution >= 4 is 27.6 Å². The maximum atomic E-state index is 12.1. The van der Waals surface area contributed by atoms with Gasteiger partial charge in [-0.2, -0.15) is 5.10 Å². The summed E-state index contributed by atoms with van der Waals surface area (Å²) in [4.78, 5) is 23.2. The highest BCUT2D eigenvalue weighted by atomic mass is 79.9. The minimum Gasteiger partial charge on any atom is -0.468 e. The Kier molecular flexibility index (Phi) is 4.44. The number of esters is 1.